The molecule has 1 atom stereocenters. The first-order valence-electron chi connectivity index (χ1n) is 16.4. The molecule has 0 aromatic heterocycles. The van der Waals surface area contributed by atoms with E-state index in [2.05, 4.69) is 27.7 Å². The number of methoxy groups -OCH3 is 3. The zero-order valence-corrected chi connectivity index (χ0v) is 27.9. The second kappa shape index (κ2) is 15.7. The van der Waals surface area contributed by atoms with E-state index in [1.165, 1.54) is 12.6 Å². The molecule has 3 aromatic rings. The van der Waals surface area contributed by atoms with Gasteiger partial charge in [-0.15, -0.1) is 0 Å². The number of rotatable bonds is 12. The zero-order chi connectivity index (χ0) is 33.3. The van der Waals surface area contributed by atoms with Crippen LogP contribution >= 0.6 is 0 Å². The van der Waals surface area contributed by atoms with Gasteiger partial charge >= 0.3 is 0 Å². The van der Waals surface area contributed by atoms with E-state index in [1.807, 2.05) is 35.2 Å². The number of nitrogens with one attached hydrogen (secondary N) is 2. The maximum atomic E-state index is 13.5. The fourth-order valence-electron chi connectivity index (χ4n) is 6.67. The van der Waals surface area contributed by atoms with Crippen molar-refractivity contribution in [2.75, 3.05) is 64.3 Å². The largest absolute Gasteiger partial charge is 0.493 e. The molecule has 10 nitrogen and oxygen atoms in total. The molecule has 0 spiro atoms. The number of para-hydroxylation sites is 1. The highest BCUT2D eigenvalue weighted by Crippen LogP contribution is 2.50. The first-order valence-corrected chi connectivity index (χ1v) is 16.4. The van der Waals surface area contributed by atoms with E-state index < -0.39 is 0 Å². The second-order valence-electron chi connectivity index (χ2n) is 12.0. The van der Waals surface area contributed by atoms with Crippen molar-refractivity contribution in [1.29, 1.82) is 0 Å². The van der Waals surface area contributed by atoms with Crippen LogP contribution in [-0.2, 0) is 16.0 Å². The van der Waals surface area contributed by atoms with E-state index >= 15 is 0 Å². The third-order valence-corrected chi connectivity index (χ3v) is 9.05. The average molecular weight is 643 g/mol. The minimum Gasteiger partial charge on any atom is -0.493 e. The Bertz CT molecular complexity index is 1620. The lowest BCUT2D eigenvalue weighted by Crippen LogP contribution is -2.48. The molecule has 0 bridgehead atoms. The number of amides is 2. The summed E-state index contributed by atoms with van der Waals surface area (Å²) in [5, 5.41) is 6.36. The molecule has 10 heteroatoms. The number of anilines is 2. The number of benzene rings is 2. The number of unbranched alkanes of at least 4 members (excludes halogenated alkanes) is 2. The highest BCUT2D eigenvalue weighted by Gasteiger charge is 2.29. The Labute approximate surface area is 277 Å². The number of hydrogen-bond acceptors (Lipinski definition) is 8. The molecule has 1 saturated heterocycles. The highest BCUT2D eigenvalue weighted by atomic mass is 16.5. The average Bonchev–Trinajstić information content (AvgIpc) is 3.33. The summed E-state index contributed by atoms with van der Waals surface area (Å²) in [6, 6.07) is 17.3. The fraction of sp³-hybridized carbons (Fsp3) is 0.432. The Morgan fingerprint density at radius 1 is 0.872 bits per heavy atom. The van der Waals surface area contributed by atoms with Crippen LogP contribution in [0.4, 0.5) is 11.4 Å². The molecule has 3 aromatic carbocycles. The third-order valence-electron chi connectivity index (χ3n) is 9.05. The number of carbonyl (C=O) groups is 2. The van der Waals surface area contributed by atoms with Crippen molar-refractivity contribution in [3.8, 4) is 28.4 Å². The number of aryl methyl sites for hydroxylation is 1. The van der Waals surface area contributed by atoms with Crippen LogP contribution in [0.3, 0.4) is 0 Å². The van der Waals surface area contributed by atoms with Crippen LogP contribution in [-0.4, -0.2) is 70.8 Å². The summed E-state index contributed by atoms with van der Waals surface area (Å²) in [5.41, 5.74) is 4.85. The molecule has 47 heavy (non-hydrogen) atoms. The van der Waals surface area contributed by atoms with Gasteiger partial charge < -0.3 is 34.6 Å². The maximum Gasteiger partial charge on any atom is 0.222 e. The van der Waals surface area contributed by atoms with E-state index in [1.54, 1.807) is 33.5 Å². The van der Waals surface area contributed by atoms with Crippen LogP contribution in [0.5, 0.6) is 17.2 Å². The van der Waals surface area contributed by atoms with Crippen molar-refractivity contribution in [2.45, 2.75) is 51.5 Å². The van der Waals surface area contributed by atoms with Crippen LogP contribution in [0.1, 0.15) is 56.2 Å². The number of fused-ring (bicyclic) bond motifs is 3. The van der Waals surface area contributed by atoms with E-state index in [9.17, 15) is 14.4 Å². The van der Waals surface area contributed by atoms with E-state index in [4.69, 9.17) is 14.2 Å². The molecule has 1 aliphatic heterocycles. The summed E-state index contributed by atoms with van der Waals surface area (Å²) in [6.45, 7) is 5.28. The topological polar surface area (TPSA) is 109 Å². The Kier molecular flexibility index (Phi) is 11.2. The predicted octanol–water partition coefficient (Wildman–Crippen LogP) is 5.18. The Hall–Kier alpha value is -4.73. The van der Waals surface area contributed by atoms with Gasteiger partial charge in [-0.1, -0.05) is 30.7 Å². The number of nitrogens with zero attached hydrogens (tertiary/aromatic N) is 2. The maximum absolute atomic E-state index is 13.5. The quantitative estimate of drug-likeness (QED) is 0.260. The molecule has 2 N–H and O–H groups in total. The SMILES string of the molecule is COc1cc2c(c(OC)c1OC)-c1ccc(NCCCCCC(=O)N3CCN(c4ccccc4)CC3)c(=O)cc1[C@H](NC(C)=O)CC2. The van der Waals surface area contributed by atoms with Gasteiger partial charge in [0.15, 0.2) is 11.5 Å². The highest BCUT2D eigenvalue weighted by molar-refractivity contribution is 5.84. The number of ether oxygens (including phenoxy) is 3. The number of carbonyl (C=O) groups excluding carboxylic acids is 2. The van der Waals surface area contributed by atoms with Gasteiger partial charge in [-0.3, -0.25) is 14.4 Å². The van der Waals surface area contributed by atoms with Gasteiger partial charge in [-0.25, -0.2) is 0 Å². The molecule has 5 rings (SSSR count). The Balaban J connectivity index is 1.23. The van der Waals surface area contributed by atoms with Crippen LogP contribution in [0.15, 0.2) is 59.4 Å². The molecular formula is C37H46N4O6. The van der Waals surface area contributed by atoms with Crippen molar-refractivity contribution >= 4 is 23.2 Å². The normalized spacial score (nSPS) is 15.5. The smallest absolute Gasteiger partial charge is 0.222 e. The van der Waals surface area contributed by atoms with Crippen molar-refractivity contribution in [3.63, 3.8) is 0 Å². The molecule has 2 amide bonds. The number of piperazine rings is 1. The van der Waals surface area contributed by atoms with Gasteiger partial charge in [-0.2, -0.15) is 0 Å². The molecule has 0 saturated carbocycles. The second-order valence-corrected chi connectivity index (χ2v) is 12.0. The number of hydrogen-bond donors (Lipinski definition) is 2. The first kappa shape index (κ1) is 33.6. The minimum absolute atomic E-state index is 0.158. The molecule has 2 aliphatic rings. The van der Waals surface area contributed by atoms with Crippen LogP contribution in [0, 0.1) is 0 Å². The van der Waals surface area contributed by atoms with Crippen molar-refractivity contribution < 1.29 is 23.8 Å². The summed E-state index contributed by atoms with van der Waals surface area (Å²) in [5.74, 6) is 1.59. The van der Waals surface area contributed by atoms with Gasteiger partial charge in [0.2, 0.25) is 23.0 Å². The molecule has 1 aliphatic carbocycles. The summed E-state index contributed by atoms with van der Waals surface area (Å²) in [6.07, 6.45) is 4.29. The molecular weight excluding hydrogens is 596 g/mol. The Morgan fingerprint density at radius 3 is 2.30 bits per heavy atom. The lowest BCUT2D eigenvalue weighted by molar-refractivity contribution is -0.131. The van der Waals surface area contributed by atoms with Crippen molar-refractivity contribution in [2.24, 2.45) is 0 Å². The standard InChI is InChI=1S/C37H46N4O6/c1-25(42)39-30-16-14-26-23-33(45-2)36(46-3)37(47-4)35(26)28-15-17-31(32(43)24-29(28)30)38-18-10-6-9-13-34(44)41-21-19-40(20-22-41)27-11-7-5-8-12-27/h5,7-8,11-12,15,17,23-24,30H,6,9-10,13-14,16,18-22H2,1-4H3,(H,38,43)(H,39,42)/t30-/m1/s1. The summed E-state index contributed by atoms with van der Waals surface area (Å²) < 4.78 is 17.1. The van der Waals surface area contributed by atoms with E-state index in [-0.39, 0.29) is 23.3 Å². The summed E-state index contributed by atoms with van der Waals surface area (Å²) >= 11 is 0. The monoisotopic (exact) mass is 642 g/mol. The molecule has 1 heterocycles. The van der Waals surface area contributed by atoms with Gasteiger partial charge in [0.25, 0.3) is 0 Å². The van der Waals surface area contributed by atoms with Gasteiger partial charge in [0, 0.05) is 57.3 Å². The predicted molar refractivity (Wildman–Crippen MR) is 185 cm³/mol. The Morgan fingerprint density at radius 2 is 1.62 bits per heavy atom. The summed E-state index contributed by atoms with van der Waals surface area (Å²) in [4.78, 5) is 42.8. The first-order chi connectivity index (χ1) is 22.8. The zero-order valence-electron chi connectivity index (χ0n) is 27.9. The van der Waals surface area contributed by atoms with Gasteiger partial charge in [0.05, 0.1) is 33.1 Å². The molecule has 0 radical (unpaired) electrons. The van der Waals surface area contributed by atoms with Crippen molar-refractivity contribution in [1.82, 2.24) is 10.2 Å². The third kappa shape index (κ3) is 7.81. The van der Waals surface area contributed by atoms with Crippen LogP contribution in [0.2, 0.25) is 0 Å². The van der Waals surface area contributed by atoms with Crippen molar-refractivity contribution in [3.05, 3.63) is 75.9 Å². The molecule has 0 unspecified atom stereocenters. The lowest BCUT2D eigenvalue weighted by atomic mass is 9.95. The molecule has 1 fully saturated rings. The summed E-state index contributed by atoms with van der Waals surface area (Å²) in [7, 11) is 4.74. The van der Waals surface area contributed by atoms with Gasteiger partial charge in [-0.05, 0) is 72.7 Å². The van der Waals surface area contributed by atoms with Crippen LogP contribution in [0.25, 0.3) is 11.1 Å². The van der Waals surface area contributed by atoms with E-state index in [0.717, 1.165) is 67.7 Å². The lowest BCUT2D eigenvalue weighted by Gasteiger charge is -2.36. The fourth-order valence-corrected chi connectivity index (χ4v) is 6.67. The molecule has 250 valence electrons. The van der Waals surface area contributed by atoms with Gasteiger partial charge in [0.1, 0.15) is 0 Å². The van der Waals surface area contributed by atoms with E-state index in [0.29, 0.717) is 48.7 Å². The minimum atomic E-state index is -0.358. The van der Waals surface area contributed by atoms with Crippen LogP contribution < -0.4 is 35.2 Å².